The second-order valence-electron chi connectivity index (χ2n) is 3.93. The summed E-state index contributed by atoms with van der Waals surface area (Å²) in [4.78, 5) is 14.1. The number of pyridine rings is 1. The van der Waals surface area contributed by atoms with Gasteiger partial charge in [0.05, 0.1) is 16.8 Å². The monoisotopic (exact) mass is 434 g/mol. The molecule has 0 radical (unpaired) electrons. The predicted octanol–water partition coefficient (Wildman–Crippen LogP) is 3.69. The number of nitro groups is 1. The zero-order valence-electron chi connectivity index (χ0n) is 11.8. The maximum atomic E-state index is 10.5. The average Bonchev–Trinajstić information content (AvgIpc) is 2.57. The number of halogens is 2. The quantitative estimate of drug-likeness (QED) is 0.250. The molecule has 11 heteroatoms. The Morgan fingerprint density at radius 2 is 1.96 bits per heavy atom. The van der Waals surface area contributed by atoms with Crippen LogP contribution < -0.4 is 10.7 Å². The van der Waals surface area contributed by atoms with E-state index in [4.69, 9.17) is 12.2 Å². The Balaban J connectivity index is 0.000000891. The molecule has 1 aromatic heterocycles. The third-order valence-electron chi connectivity index (χ3n) is 2.39. The van der Waals surface area contributed by atoms with Crippen molar-refractivity contribution in [2.24, 2.45) is 5.10 Å². The van der Waals surface area contributed by atoms with E-state index in [1.165, 1.54) is 18.3 Å². The first-order chi connectivity index (χ1) is 11.6. The van der Waals surface area contributed by atoms with Crippen molar-refractivity contribution < 1.29 is 18.1 Å². The molecular formula is C13H11Cl2CuN5O2S. The molecule has 0 unspecified atom stereocenters. The molecule has 2 N–H and O–H groups in total. The molecule has 24 heavy (non-hydrogen) atoms. The topological polar surface area (TPSA) is 92.5 Å². The fraction of sp³-hybridized carbons (Fsp3) is 0. The van der Waals surface area contributed by atoms with Crippen LogP contribution in [0.2, 0.25) is 0 Å². The number of nitro benzene ring substituents is 1. The number of anilines is 1. The number of benzene rings is 1. The summed E-state index contributed by atoms with van der Waals surface area (Å²) in [5.41, 5.74) is 3.98. The van der Waals surface area contributed by atoms with E-state index in [1.54, 1.807) is 24.4 Å². The molecule has 0 aliphatic rings. The van der Waals surface area contributed by atoms with Crippen molar-refractivity contribution in [2.75, 3.05) is 5.32 Å². The molecule has 0 amide bonds. The Kier molecular flexibility index (Phi) is 9.90. The summed E-state index contributed by atoms with van der Waals surface area (Å²) in [5, 5.41) is 17.6. The van der Waals surface area contributed by atoms with Crippen LogP contribution in [0.25, 0.3) is 0 Å². The summed E-state index contributed by atoms with van der Waals surface area (Å²) in [6, 6.07) is 11.4. The first-order valence-corrected chi connectivity index (χ1v) is 9.13. The molecule has 0 spiro atoms. The van der Waals surface area contributed by atoms with Gasteiger partial charge in [-0.25, -0.2) is 0 Å². The van der Waals surface area contributed by atoms with Gasteiger partial charge in [-0.2, -0.15) is 5.10 Å². The second kappa shape index (κ2) is 11.7. The van der Waals surface area contributed by atoms with Crippen molar-refractivity contribution in [2.45, 2.75) is 0 Å². The van der Waals surface area contributed by atoms with Crippen LogP contribution in [0.3, 0.4) is 0 Å². The van der Waals surface area contributed by atoms with Crippen molar-refractivity contribution >= 4 is 55.1 Å². The van der Waals surface area contributed by atoms with Gasteiger partial charge in [0.15, 0.2) is 5.11 Å². The summed E-state index contributed by atoms with van der Waals surface area (Å²) in [7, 11) is 9.34. The number of non-ortho nitro benzene ring substituents is 1. The molecule has 0 fully saturated rings. The minimum atomic E-state index is -0.461. The van der Waals surface area contributed by atoms with Crippen molar-refractivity contribution in [3.63, 3.8) is 0 Å². The zero-order chi connectivity index (χ0) is 17.8. The summed E-state index contributed by atoms with van der Waals surface area (Å²) < 4.78 is 0. The van der Waals surface area contributed by atoms with Crippen molar-refractivity contribution in [3.8, 4) is 0 Å². The van der Waals surface area contributed by atoms with Gasteiger partial charge in [0.25, 0.3) is 5.69 Å². The maximum absolute atomic E-state index is 10.5. The number of hydrogen-bond acceptors (Lipinski definition) is 5. The van der Waals surface area contributed by atoms with E-state index in [0.29, 0.717) is 11.4 Å². The van der Waals surface area contributed by atoms with E-state index in [-0.39, 0.29) is 10.8 Å². The van der Waals surface area contributed by atoms with E-state index in [1.807, 2.05) is 12.1 Å². The molecule has 0 saturated carbocycles. The van der Waals surface area contributed by atoms with E-state index >= 15 is 0 Å². The van der Waals surface area contributed by atoms with Crippen molar-refractivity contribution in [3.05, 3.63) is 64.5 Å². The predicted molar refractivity (Wildman–Crippen MR) is 96.0 cm³/mol. The number of hydrazone groups is 1. The van der Waals surface area contributed by atoms with Crippen molar-refractivity contribution in [1.29, 1.82) is 0 Å². The van der Waals surface area contributed by atoms with Gasteiger partial charge in [-0.05, 0) is 36.5 Å². The van der Waals surface area contributed by atoms with Gasteiger partial charge in [-0.15, -0.1) is 0 Å². The summed E-state index contributed by atoms with van der Waals surface area (Å²) in [5.74, 6) is 0. The third-order valence-corrected chi connectivity index (χ3v) is 2.58. The summed E-state index contributed by atoms with van der Waals surface area (Å²) in [6.45, 7) is 0. The molecule has 1 aromatic carbocycles. The average molecular weight is 436 g/mol. The SMILES string of the molecule is O=[N+]([O-])c1ccc(NC(=S)N/N=C/c2ccccn2)cc1.[Cl][Cu][Cl]. The molecular weight excluding hydrogens is 425 g/mol. The molecule has 2 aromatic rings. The van der Waals surface area contributed by atoms with Gasteiger partial charge in [0, 0.05) is 24.0 Å². The Bertz CT molecular complexity index is 689. The van der Waals surface area contributed by atoms with Crippen molar-refractivity contribution in [1.82, 2.24) is 10.4 Å². The first kappa shape index (κ1) is 20.3. The van der Waals surface area contributed by atoms with Crippen LogP contribution in [0.5, 0.6) is 0 Å². The van der Waals surface area contributed by atoms with Crippen LogP contribution in [-0.2, 0) is 13.1 Å². The van der Waals surface area contributed by atoms with Gasteiger partial charge in [0.2, 0.25) is 0 Å². The summed E-state index contributed by atoms with van der Waals surface area (Å²) in [6.07, 6.45) is 3.19. The molecule has 0 aliphatic carbocycles. The molecule has 1 heterocycles. The second-order valence-corrected chi connectivity index (χ2v) is 5.89. The van der Waals surface area contributed by atoms with Crippen LogP contribution in [0, 0.1) is 10.1 Å². The molecule has 131 valence electrons. The number of hydrogen-bond donors (Lipinski definition) is 2. The molecule has 0 atom stereocenters. The summed E-state index contributed by atoms with van der Waals surface area (Å²) >= 11 is 5.80. The van der Waals surface area contributed by atoms with Gasteiger partial charge in [-0.3, -0.25) is 20.5 Å². The van der Waals surface area contributed by atoms with E-state index in [9.17, 15) is 10.1 Å². The van der Waals surface area contributed by atoms with E-state index < -0.39 is 4.92 Å². The molecule has 0 aliphatic heterocycles. The number of nitrogens with one attached hydrogen (secondary N) is 2. The van der Waals surface area contributed by atoms with Gasteiger partial charge in [0.1, 0.15) is 0 Å². The van der Waals surface area contributed by atoms with Crippen LogP contribution in [-0.4, -0.2) is 21.2 Å². The fourth-order valence-electron chi connectivity index (χ4n) is 1.43. The van der Waals surface area contributed by atoms with Crippen LogP contribution >= 0.6 is 32.4 Å². The van der Waals surface area contributed by atoms with Crippen LogP contribution in [0.4, 0.5) is 11.4 Å². The van der Waals surface area contributed by atoms with Gasteiger partial charge >= 0.3 is 33.3 Å². The van der Waals surface area contributed by atoms with Gasteiger partial charge < -0.3 is 5.32 Å². The molecule has 0 bridgehead atoms. The Labute approximate surface area is 158 Å². The Hall–Kier alpha value is -1.77. The first-order valence-electron chi connectivity index (χ1n) is 6.13. The van der Waals surface area contributed by atoms with E-state index in [0.717, 1.165) is 13.1 Å². The Morgan fingerprint density at radius 1 is 1.29 bits per heavy atom. The zero-order valence-corrected chi connectivity index (χ0v) is 15.1. The third kappa shape index (κ3) is 8.19. The van der Waals surface area contributed by atoms with E-state index in [2.05, 4.69) is 41.0 Å². The number of aromatic nitrogens is 1. The van der Waals surface area contributed by atoms with Crippen LogP contribution in [0.15, 0.2) is 53.8 Å². The molecule has 0 saturated heterocycles. The Morgan fingerprint density at radius 3 is 2.50 bits per heavy atom. The number of rotatable bonds is 4. The number of thiocarbonyl (C=S) groups is 1. The molecule has 2 rings (SSSR count). The molecule has 7 nitrogen and oxygen atoms in total. The standard InChI is InChI=1S/C13H11N5O2S.2ClH.Cu/c19-18(20)12-6-4-10(5-7-12)16-13(21)17-15-9-11-3-1-2-8-14-11;;;/h1-9H,(H2,16,17,21);2*1H;/q;;;+2/p-2/b15-9+;;;. The minimum absolute atomic E-state index is 0.0209. The fourth-order valence-corrected chi connectivity index (χ4v) is 1.61. The van der Waals surface area contributed by atoms with Gasteiger partial charge in [-0.1, -0.05) is 6.07 Å². The van der Waals surface area contributed by atoms with Crippen LogP contribution in [0.1, 0.15) is 5.69 Å². The number of nitrogens with zero attached hydrogens (tertiary/aromatic N) is 3. The normalized spacial score (nSPS) is 9.92.